The van der Waals surface area contributed by atoms with Crippen LogP contribution in [0.1, 0.15) is 6.42 Å². The van der Waals surface area contributed by atoms with Crippen molar-refractivity contribution in [3.8, 4) is 0 Å². The first kappa shape index (κ1) is 4.99. The molecule has 1 N–H and O–H groups in total. The second kappa shape index (κ2) is 2.23. The molecule has 4 nitrogen and oxygen atoms in total. The molecule has 42 valence electrons. The molecule has 1 aliphatic heterocycles. The van der Waals surface area contributed by atoms with E-state index in [9.17, 15) is 0 Å². The van der Waals surface area contributed by atoms with Crippen molar-refractivity contribution in [2.75, 3.05) is 6.61 Å². The molecule has 1 atom stereocenters. The summed E-state index contributed by atoms with van der Waals surface area (Å²) in [4.78, 5) is 8.37. The molecule has 1 rings (SSSR count). The molecule has 0 amide bonds. The predicted molar refractivity (Wildman–Crippen MR) is 18.7 cm³/mol. The Bertz CT molecular complexity index is 48.9. The van der Waals surface area contributed by atoms with Crippen molar-refractivity contribution in [3.63, 3.8) is 0 Å². The molecule has 1 saturated heterocycles. The standard InChI is InChI=1S/C3H6O4/c4-3-1-2-5-7-6-3/h3-4H,1-2H2. The Kier molecular flexibility index (Phi) is 1.59. The summed E-state index contributed by atoms with van der Waals surface area (Å²) >= 11 is 0. The summed E-state index contributed by atoms with van der Waals surface area (Å²) in [6.45, 7) is 0.390. The van der Waals surface area contributed by atoms with Crippen molar-refractivity contribution in [2.24, 2.45) is 0 Å². The van der Waals surface area contributed by atoms with Crippen molar-refractivity contribution >= 4 is 0 Å². The van der Waals surface area contributed by atoms with Gasteiger partial charge in [0.1, 0.15) is 0 Å². The quantitative estimate of drug-likeness (QED) is 0.426. The zero-order valence-electron chi connectivity index (χ0n) is 3.66. The molecule has 1 unspecified atom stereocenters. The van der Waals surface area contributed by atoms with Gasteiger partial charge in [-0.1, -0.05) is 5.04 Å². The lowest BCUT2D eigenvalue weighted by molar-refractivity contribution is -0.569. The van der Waals surface area contributed by atoms with Gasteiger partial charge in [0.15, 0.2) is 6.29 Å². The van der Waals surface area contributed by atoms with Crippen molar-refractivity contribution < 1.29 is 19.9 Å². The molecule has 4 heteroatoms. The van der Waals surface area contributed by atoms with Crippen LogP contribution in [0.15, 0.2) is 0 Å². The van der Waals surface area contributed by atoms with Gasteiger partial charge >= 0.3 is 0 Å². The molecule has 1 aliphatic rings. The maximum absolute atomic E-state index is 8.48. The van der Waals surface area contributed by atoms with E-state index in [4.69, 9.17) is 5.11 Å². The van der Waals surface area contributed by atoms with Crippen LogP contribution in [0.25, 0.3) is 0 Å². The first-order valence-electron chi connectivity index (χ1n) is 2.02. The zero-order valence-corrected chi connectivity index (χ0v) is 3.66. The number of aliphatic hydroxyl groups is 1. The lowest BCUT2D eigenvalue weighted by Crippen LogP contribution is -2.20. The highest BCUT2D eigenvalue weighted by molar-refractivity contribution is 4.36. The highest BCUT2D eigenvalue weighted by Crippen LogP contribution is 2.01. The van der Waals surface area contributed by atoms with Gasteiger partial charge in [0.2, 0.25) is 0 Å². The maximum atomic E-state index is 8.48. The average molecular weight is 106 g/mol. The third-order valence-electron chi connectivity index (χ3n) is 0.647. The number of aliphatic hydroxyl groups excluding tert-OH is 1. The SMILES string of the molecule is OC1CCOOO1. The van der Waals surface area contributed by atoms with Gasteiger partial charge in [0, 0.05) is 6.42 Å². The molecular formula is C3H6O4. The van der Waals surface area contributed by atoms with E-state index in [2.05, 4.69) is 14.8 Å². The van der Waals surface area contributed by atoms with E-state index in [1.54, 1.807) is 0 Å². The molecule has 0 spiro atoms. The van der Waals surface area contributed by atoms with Gasteiger partial charge in [-0.25, -0.2) is 4.89 Å². The highest BCUT2D eigenvalue weighted by Gasteiger charge is 2.10. The number of hydrogen-bond donors (Lipinski definition) is 1. The van der Waals surface area contributed by atoms with E-state index in [0.717, 1.165) is 0 Å². The molecule has 7 heavy (non-hydrogen) atoms. The summed E-state index contributed by atoms with van der Waals surface area (Å²) in [5.74, 6) is 0. The Hall–Kier alpha value is -0.160. The maximum Gasteiger partial charge on any atom is 0.194 e. The molecule has 0 saturated carbocycles. The van der Waals surface area contributed by atoms with E-state index in [1.165, 1.54) is 0 Å². The molecule has 0 aromatic rings. The topological polar surface area (TPSA) is 47.9 Å². The fourth-order valence-electron chi connectivity index (χ4n) is 0.304. The van der Waals surface area contributed by atoms with Crippen LogP contribution < -0.4 is 0 Å². The fourth-order valence-corrected chi connectivity index (χ4v) is 0.304. The molecule has 0 aromatic carbocycles. The minimum atomic E-state index is -0.811. The molecule has 0 bridgehead atoms. The van der Waals surface area contributed by atoms with Crippen LogP contribution in [0.4, 0.5) is 0 Å². The largest absolute Gasteiger partial charge is 0.365 e. The Morgan fingerprint density at radius 3 is 2.71 bits per heavy atom. The Morgan fingerprint density at radius 1 is 1.57 bits per heavy atom. The Morgan fingerprint density at radius 2 is 2.43 bits per heavy atom. The van der Waals surface area contributed by atoms with Gasteiger partial charge in [-0.2, -0.15) is 4.89 Å². The molecule has 1 heterocycles. The van der Waals surface area contributed by atoms with E-state index in [1.807, 2.05) is 0 Å². The summed E-state index contributed by atoms with van der Waals surface area (Å²) in [6.07, 6.45) is -0.339. The van der Waals surface area contributed by atoms with Gasteiger partial charge in [0.25, 0.3) is 0 Å². The monoisotopic (exact) mass is 106 g/mol. The third kappa shape index (κ3) is 1.40. The van der Waals surface area contributed by atoms with E-state index in [0.29, 0.717) is 13.0 Å². The fraction of sp³-hybridized carbons (Fsp3) is 1.00. The average Bonchev–Trinajstić information content (AvgIpc) is 1.69. The first-order chi connectivity index (χ1) is 3.39. The lowest BCUT2D eigenvalue weighted by atomic mass is 10.4. The molecule has 1 fully saturated rings. The lowest BCUT2D eigenvalue weighted by Gasteiger charge is -2.13. The van der Waals surface area contributed by atoms with Crippen molar-refractivity contribution in [3.05, 3.63) is 0 Å². The van der Waals surface area contributed by atoms with E-state index >= 15 is 0 Å². The van der Waals surface area contributed by atoms with Crippen LogP contribution in [0.3, 0.4) is 0 Å². The Balaban J connectivity index is 2.12. The van der Waals surface area contributed by atoms with Crippen LogP contribution in [0.2, 0.25) is 0 Å². The summed E-state index contributed by atoms with van der Waals surface area (Å²) in [6, 6.07) is 0. The highest BCUT2D eigenvalue weighted by atomic mass is 17.5. The van der Waals surface area contributed by atoms with Crippen molar-refractivity contribution in [1.29, 1.82) is 0 Å². The molecule has 0 aliphatic carbocycles. The summed E-state index contributed by atoms with van der Waals surface area (Å²) in [5, 5.41) is 12.4. The predicted octanol–water partition coefficient (Wildman–Crippen LogP) is -0.412. The van der Waals surface area contributed by atoms with Gasteiger partial charge in [0.05, 0.1) is 6.61 Å². The van der Waals surface area contributed by atoms with Gasteiger partial charge < -0.3 is 5.11 Å². The first-order valence-corrected chi connectivity index (χ1v) is 2.02. The normalized spacial score (nSPS) is 33.0. The second-order valence-electron chi connectivity index (χ2n) is 1.23. The molecule has 0 aromatic heterocycles. The van der Waals surface area contributed by atoms with Gasteiger partial charge in [-0.15, -0.1) is 0 Å². The Labute approximate surface area is 40.5 Å². The van der Waals surface area contributed by atoms with Crippen LogP contribution >= 0.6 is 0 Å². The van der Waals surface area contributed by atoms with E-state index in [-0.39, 0.29) is 0 Å². The van der Waals surface area contributed by atoms with Crippen LogP contribution in [-0.2, 0) is 14.8 Å². The van der Waals surface area contributed by atoms with Crippen LogP contribution in [0, 0.1) is 0 Å². The van der Waals surface area contributed by atoms with E-state index < -0.39 is 6.29 Å². The third-order valence-corrected chi connectivity index (χ3v) is 0.647. The van der Waals surface area contributed by atoms with Gasteiger partial charge in [-0.05, 0) is 0 Å². The van der Waals surface area contributed by atoms with Crippen LogP contribution in [0.5, 0.6) is 0 Å². The zero-order chi connectivity index (χ0) is 5.11. The van der Waals surface area contributed by atoms with Crippen LogP contribution in [-0.4, -0.2) is 18.0 Å². The second-order valence-corrected chi connectivity index (χ2v) is 1.23. The summed E-state index contributed by atoms with van der Waals surface area (Å²) < 4.78 is 0. The number of rotatable bonds is 0. The van der Waals surface area contributed by atoms with Gasteiger partial charge in [-0.3, -0.25) is 0 Å². The molecule has 0 radical (unpaired) electrons. The van der Waals surface area contributed by atoms with Crippen molar-refractivity contribution in [1.82, 2.24) is 0 Å². The number of hydrogen-bond acceptors (Lipinski definition) is 4. The van der Waals surface area contributed by atoms with Crippen molar-refractivity contribution in [2.45, 2.75) is 12.7 Å². The molecular weight excluding hydrogens is 100 g/mol. The summed E-state index contributed by atoms with van der Waals surface area (Å²) in [5.41, 5.74) is 0. The minimum absolute atomic E-state index is 0.390. The smallest absolute Gasteiger partial charge is 0.194 e. The minimum Gasteiger partial charge on any atom is -0.365 e. The summed E-state index contributed by atoms with van der Waals surface area (Å²) in [7, 11) is 0.